The summed E-state index contributed by atoms with van der Waals surface area (Å²) in [6, 6.07) is 0. The van der Waals surface area contributed by atoms with Crippen molar-refractivity contribution in [2.75, 3.05) is 0 Å². The monoisotopic (exact) mass is 197 g/mol. The summed E-state index contributed by atoms with van der Waals surface area (Å²) in [6.45, 7) is 5.90. The molecule has 1 aromatic heterocycles. The van der Waals surface area contributed by atoms with Crippen LogP contribution in [0.25, 0.3) is 0 Å². The Labute approximate surface area is 83.0 Å². The first-order valence-corrected chi connectivity index (χ1v) is 5.44. The van der Waals surface area contributed by atoms with E-state index in [0.29, 0.717) is 12.2 Å². The van der Waals surface area contributed by atoms with Gasteiger partial charge in [0.05, 0.1) is 11.2 Å². The van der Waals surface area contributed by atoms with Crippen molar-refractivity contribution in [2.24, 2.45) is 5.92 Å². The van der Waals surface area contributed by atoms with Crippen molar-refractivity contribution < 1.29 is 4.79 Å². The molecule has 0 radical (unpaired) electrons. The molecule has 0 bridgehead atoms. The molecule has 1 heterocycles. The van der Waals surface area contributed by atoms with E-state index < -0.39 is 0 Å². The van der Waals surface area contributed by atoms with E-state index in [-0.39, 0.29) is 5.92 Å². The molecule has 1 atom stereocenters. The first-order chi connectivity index (χ1) is 6.15. The average molecular weight is 197 g/mol. The molecule has 0 aliphatic heterocycles. The molecule has 1 aromatic rings. The van der Waals surface area contributed by atoms with E-state index in [9.17, 15) is 4.79 Å². The van der Waals surface area contributed by atoms with Gasteiger partial charge in [0, 0.05) is 17.2 Å². The third-order valence-corrected chi connectivity index (χ3v) is 3.19. The SMILES string of the molecule is CCC(=O)C(C)Cc1scnc1C. The van der Waals surface area contributed by atoms with Gasteiger partial charge in [-0.25, -0.2) is 4.98 Å². The number of hydrogen-bond donors (Lipinski definition) is 0. The van der Waals surface area contributed by atoms with Crippen LogP contribution in [0.1, 0.15) is 30.8 Å². The van der Waals surface area contributed by atoms with E-state index in [4.69, 9.17) is 0 Å². The van der Waals surface area contributed by atoms with E-state index in [1.54, 1.807) is 11.3 Å². The van der Waals surface area contributed by atoms with Gasteiger partial charge < -0.3 is 0 Å². The third-order valence-electron chi connectivity index (χ3n) is 2.23. The van der Waals surface area contributed by atoms with Gasteiger partial charge in [-0.1, -0.05) is 13.8 Å². The Bertz CT molecular complexity index is 293. The van der Waals surface area contributed by atoms with Crippen molar-refractivity contribution in [3.63, 3.8) is 0 Å². The number of thiazole rings is 1. The molecule has 0 spiro atoms. The molecule has 0 aliphatic rings. The highest BCUT2D eigenvalue weighted by Crippen LogP contribution is 2.18. The van der Waals surface area contributed by atoms with E-state index >= 15 is 0 Å². The maximum absolute atomic E-state index is 11.3. The summed E-state index contributed by atoms with van der Waals surface area (Å²) in [4.78, 5) is 16.7. The van der Waals surface area contributed by atoms with Crippen molar-refractivity contribution in [3.8, 4) is 0 Å². The quantitative estimate of drug-likeness (QED) is 0.742. The Morgan fingerprint density at radius 1 is 1.69 bits per heavy atom. The van der Waals surface area contributed by atoms with Gasteiger partial charge in [0.15, 0.2) is 0 Å². The largest absolute Gasteiger partial charge is 0.299 e. The van der Waals surface area contributed by atoms with Gasteiger partial charge in [-0.3, -0.25) is 4.79 Å². The molecular formula is C10H15NOS. The molecular weight excluding hydrogens is 182 g/mol. The Morgan fingerprint density at radius 2 is 2.38 bits per heavy atom. The molecule has 2 nitrogen and oxygen atoms in total. The molecule has 0 fully saturated rings. The highest BCUT2D eigenvalue weighted by molar-refractivity contribution is 7.09. The number of nitrogens with zero attached hydrogens (tertiary/aromatic N) is 1. The predicted molar refractivity (Wildman–Crippen MR) is 55.0 cm³/mol. The summed E-state index contributed by atoms with van der Waals surface area (Å²) in [5.74, 6) is 0.483. The first-order valence-electron chi connectivity index (χ1n) is 4.56. The number of Topliss-reactive ketones (excluding diaryl/α,β-unsaturated/α-hetero) is 1. The van der Waals surface area contributed by atoms with Crippen LogP contribution in [0, 0.1) is 12.8 Å². The fraction of sp³-hybridized carbons (Fsp3) is 0.600. The number of ketones is 1. The zero-order valence-corrected chi connectivity index (χ0v) is 9.15. The van der Waals surface area contributed by atoms with Crippen molar-refractivity contribution in [3.05, 3.63) is 16.1 Å². The van der Waals surface area contributed by atoms with Crippen LogP contribution in [-0.4, -0.2) is 10.8 Å². The number of rotatable bonds is 4. The summed E-state index contributed by atoms with van der Waals surface area (Å²) < 4.78 is 0. The summed E-state index contributed by atoms with van der Waals surface area (Å²) in [5, 5.41) is 0. The van der Waals surface area contributed by atoms with Crippen LogP contribution >= 0.6 is 11.3 Å². The van der Waals surface area contributed by atoms with E-state index in [1.807, 2.05) is 26.3 Å². The van der Waals surface area contributed by atoms with Gasteiger partial charge in [0.25, 0.3) is 0 Å². The standard InChI is InChI=1S/C10H15NOS/c1-4-9(12)7(2)5-10-8(3)11-6-13-10/h6-7H,4-5H2,1-3H3. The second-order valence-electron chi connectivity index (χ2n) is 3.29. The van der Waals surface area contributed by atoms with Crippen LogP contribution in [0.4, 0.5) is 0 Å². The fourth-order valence-electron chi connectivity index (χ4n) is 1.26. The normalized spacial score (nSPS) is 12.8. The van der Waals surface area contributed by atoms with Crippen molar-refractivity contribution in [1.29, 1.82) is 0 Å². The molecule has 0 aromatic carbocycles. The maximum Gasteiger partial charge on any atom is 0.135 e. The van der Waals surface area contributed by atoms with Gasteiger partial charge in [0.2, 0.25) is 0 Å². The molecule has 3 heteroatoms. The minimum atomic E-state index is 0.143. The summed E-state index contributed by atoms with van der Waals surface area (Å²) in [7, 11) is 0. The van der Waals surface area contributed by atoms with E-state index in [2.05, 4.69) is 4.98 Å². The Morgan fingerprint density at radius 3 is 2.85 bits per heavy atom. The third kappa shape index (κ3) is 2.62. The van der Waals surface area contributed by atoms with Crippen LogP contribution in [-0.2, 0) is 11.2 Å². The molecule has 0 N–H and O–H groups in total. The zero-order chi connectivity index (χ0) is 9.84. The molecule has 0 aliphatic carbocycles. The Balaban J connectivity index is 2.59. The topological polar surface area (TPSA) is 30.0 Å². The predicted octanol–water partition coefficient (Wildman–Crippen LogP) is 2.61. The van der Waals surface area contributed by atoms with Gasteiger partial charge in [-0.15, -0.1) is 11.3 Å². The van der Waals surface area contributed by atoms with Gasteiger partial charge >= 0.3 is 0 Å². The smallest absolute Gasteiger partial charge is 0.135 e. The lowest BCUT2D eigenvalue weighted by Crippen LogP contribution is -2.12. The van der Waals surface area contributed by atoms with Crippen molar-refractivity contribution in [2.45, 2.75) is 33.6 Å². The number of aromatic nitrogens is 1. The Kier molecular flexibility index (Phi) is 3.60. The zero-order valence-electron chi connectivity index (χ0n) is 8.33. The number of hydrogen-bond acceptors (Lipinski definition) is 3. The van der Waals surface area contributed by atoms with Crippen LogP contribution in [0.3, 0.4) is 0 Å². The second kappa shape index (κ2) is 4.51. The lowest BCUT2D eigenvalue weighted by Gasteiger charge is -2.07. The summed E-state index contributed by atoms with van der Waals surface area (Å²) in [6.07, 6.45) is 1.49. The minimum absolute atomic E-state index is 0.143. The lowest BCUT2D eigenvalue weighted by atomic mass is 9.99. The van der Waals surface area contributed by atoms with Crippen LogP contribution in [0.15, 0.2) is 5.51 Å². The van der Waals surface area contributed by atoms with Crippen LogP contribution in [0.5, 0.6) is 0 Å². The number of aryl methyl sites for hydroxylation is 1. The Hall–Kier alpha value is -0.700. The molecule has 1 rings (SSSR count). The highest BCUT2D eigenvalue weighted by atomic mass is 32.1. The molecule has 72 valence electrons. The number of carbonyl (C=O) groups is 1. The van der Waals surface area contributed by atoms with Gasteiger partial charge in [0.1, 0.15) is 5.78 Å². The molecule has 13 heavy (non-hydrogen) atoms. The van der Waals surface area contributed by atoms with Crippen molar-refractivity contribution in [1.82, 2.24) is 4.98 Å². The second-order valence-corrected chi connectivity index (χ2v) is 4.23. The molecule has 0 amide bonds. The van der Waals surface area contributed by atoms with E-state index in [1.165, 1.54) is 4.88 Å². The summed E-state index contributed by atoms with van der Waals surface area (Å²) in [5.41, 5.74) is 2.91. The van der Waals surface area contributed by atoms with Crippen LogP contribution in [0.2, 0.25) is 0 Å². The molecule has 0 saturated carbocycles. The molecule has 1 unspecified atom stereocenters. The van der Waals surface area contributed by atoms with Crippen molar-refractivity contribution >= 4 is 17.1 Å². The highest BCUT2D eigenvalue weighted by Gasteiger charge is 2.13. The summed E-state index contributed by atoms with van der Waals surface area (Å²) >= 11 is 1.64. The first kappa shape index (κ1) is 10.4. The van der Waals surface area contributed by atoms with Crippen LogP contribution < -0.4 is 0 Å². The average Bonchev–Trinajstić information content (AvgIpc) is 2.50. The van der Waals surface area contributed by atoms with Gasteiger partial charge in [-0.2, -0.15) is 0 Å². The maximum atomic E-state index is 11.3. The minimum Gasteiger partial charge on any atom is -0.299 e. The number of carbonyl (C=O) groups excluding carboxylic acids is 1. The lowest BCUT2D eigenvalue weighted by molar-refractivity contribution is -0.122. The fourth-order valence-corrected chi connectivity index (χ4v) is 2.17. The molecule has 0 saturated heterocycles. The van der Waals surface area contributed by atoms with E-state index in [0.717, 1.165) is 12.1 Å². The van der Waals surface area contributed by atoms with Gasteiger partial charge in [-0.05, 0) is 13.3 Å².